The molecular formula is C11H17NO3. The van der Waals surface area contributed by atoms with Crippen LogP contribution in [0.15, 0.2) is 0 Å². The van der Waals surface area contributed by atoms with Gasteiger partial charge in [0.2, 0.25) is 5.91 Å². The molecule has 84 valence electrons. The lowest BCUT2D eigenvalue weighted by Gasteiger charge is -2.42. The molecule has 0 radical (unpaired) electrons. The number of rotatable bonds is 3. The number of carbonyl (C=O) groups is 2. The summed E-state index contributed by atoms with van der Waals surface area (Å²) in [5.74, 6) is -0.848. The number of carboxylic acid groups (broad SMARTS) is 1. The van der Waals surface area contributed by atoms with E-state index in [1.54, 1.807) is 4.90 Å². The van der Waals surface area contributed by atoms with Gasteiger partial charge in [-0.1, -0.05) is 13.3 Å². The fourth-order valence-electron chi connectivity index (χ4n) is 2.54. The first-order valence-electron chi connectivity index (χ1n) is 5.54. The molecule has 1 saturated heterocycles. The Morgan fingerprint density at radius 1 is 1.60 bits per heavy atom. The zero-order valence-electron chi connectivity index (χ0n) is 9.03. The highest BCUT2D eigenvalue weighted by Gasteiger charge is 2.42. The van der Waals surface area contributed by atoms with Gasteiger partial charge < -0.3 is 10.0 Å². The van der Waals surface area contributed by atoms with Crippen LogP contribution >= 0.6 is 0 Å². The number of hydrogen-bond donors (Lipinski definition) is 1. The van der Waals surface area contributed by atoms with Crippen molar-refractivity contribution in [3.8, 4) is 0 Å². The van der Waals surface area contributed by atoms with Crippen molar-refractivity contribution in [2.45, 2.75) is 45.1 Å². The van der Waals surface area contributed by atoms with Crippen molar-refractivity contribution in [1.29, 1.82) is 0 Å². The maximum Gasteiger partial charge on any atom is 0.326 e. The quantitative estimate of drug-likeness (QED) is 0.764. The molecule has 0 aromatic rings. The number of likely N-dealkylation sites (tertiary alicyclic amines) is 1. The third-order valence-corrected chi connectivity index (χ3v) is 3.73. The molecule has 1 atom stereocenters. The van der Waals surface area contributed by atoms with E-state index in [0.29, 0.717) is 19.4 Å². The molecule has 1 aliphatic carbocycles. The van der Waals surface area contributed by atoms with E-state index in [2.05, 4.69) is 6.92 Å². The molecule has 2 rings (SSSR count). The number of hydrogen-bond acceptors (Lipinski definition) is 2. The van der Waals surface area contributed by atoms with E-state index in [4.69, 9.17) is 5.11 Å². The van der Waals surface area contributed by atoms with Crippen LogP contribution in [0.25, 0.3) is 0 Å². The largest absolute Gasteiger partial charge is 0.480 e. The minimum absolute atomic E-state index is 0.00975. The normalized spacial score (nSPS) is 29.0. The van der Waals surface area contributed by atoms with Crippen LogP contribution in [0.3, 0.4) is 0 Å². The average molecular weight is 211 g/mol. The van der Waals surface area contributed by atoms with Crippen molar-refractivity contribution in [3.05, 3.63) is 0 Å². The monoisotopic (exact) mass is 211 g/mol. The Morgan fingerprint density at radius 3 is 2.73 bits per heavy atom. The van der Waals surface area contributed by atoms with Gasteiger partial charge in [-0.25, -0.2) is 4.79 Å². The third-order valence-electron chi connectivity index (χ3n) is 3.73. The van der Waals surface area contributed by atoms with Crippen LogP contribution in [0.5, 0.6) is 0 Å². The van der Waals surface area contributed by atoms with Crippen molar-refractivity contribution in [1.82, 2.24) is 4.90 Å². The predicted octanol–water partition coefficient (Wildman–Crippen LogP) is 1.25. The van der Waals surface area contributed by atoms with Gasteiger partial charge in [-0.05, 0) is 24.7 Å². The van der Waals surface area contributed by atoms with Crippen molar-refractivity contribution < 1.29 is 14.7 Å². The summed E-state index contributed by atoms with van der Waals surface area (Å²) in [4.78, 5) is 24.1. The molecular weight excluding hydrogens is 194 g/mol. The second-order valence-electron chi connectivity index (χ2n) is 5.08. The van der Waals surface area contributed by atoms with Gasteiger partial charge in [0.1, 0.15) is 6.04 Å². The van der Waals surface area contributed by atoms with Crippen LogP contribution in [-0.4, -0.2) is 34.5 Å². The maximum atomic E-state index is 11.6. The van der Waals surface area contributed by atoms with E-state index in [0.717, 1.165) is 12.8 Å². The van der Waals surface area contributed by atoms with Gasteiger partial charge >= 0.3 is 5.97 Å². The topological polar surface area (TPSA) is 57.6 Å². The molecule has 2 fully saturated rings. The molecule has 15 heavy (non-hydrogen) atoms. The van der Waals surface area contributed by atoms with Crippen molar-refractivity contribution >= 4 is 11.9 Å². The SMILES string of the molecule is CC1(CN2C(=O)CCC2C(=O)O)CCC1. The molecule has 0 aromatic heterocycles. The molecule has 1 unspecified atom stereocenters. The van der Waals surface area contributed by atoms with E-state index in [1.807, 2.05) is 0 Å². The highest BCUT2D eigenvalue weighted by molar-refractivity contribution is 5.87. The van der Waals surface area contributed by atoms with Crippen LogP contribution in [0.1, 0.15) is 39.0 Å². The van der Waals surface area contributed by atoms with Gasteiger partial charge in [0.25, 0.3) is 0 Å². The van der Waals surface area contributed by atoms with E-state index in [-0.39, 0.29) is 11.3 Å². The van der Waals surface area contributed by atoms with E-state index >= 15 is 0 Å². The zero-order chi connectivity index (χ0) is 11.1. The summed E-state index contributed by atoms with van der Waals surface area (Å²) in [5, 5.41) is 9.00. The van der Waals surface area contributed by atoms with E-state index in [1.165, 1.54) is 6.42 Å². The Kier molecular flexibility index (Phi) is 2.44. The third kappa shape index (κ3) is 1.85. The highest BCUT2D eigenvalue weighted by Crippen LogP contribution is 2.42. The average Bonchev–Trinajstić information content (AvgIpc) is 2.45. The van der Waals surface area contributed by atoms with Gasteiger partial charge in [0.05, 0.1) is 0 Å². The molecule has 0 bridgehead atoms. The van der Waals surface area contributed by atoms with Crippen LogP contribution in [0.4, 0.5) is 0 Å². The minimum atomic E-state index is -0.858. The Hall–Kier alpha value is -1.06. The summed E-state index contributed by atoms with van der Waals surface area (Å²) in [6.07, 6.45) is 4.31. The van der Waals surface area contributed by atoms with Gasteiger partial charge in [0, 0.05) is 13.0 Å². The lowest BCUT2D eigenvalue weighted by atomic mass is 9.70. The summed E-state index contributed by atoms with van der Waals surface area (Å²) >= 11 is 0. The highest BCUT2D eigenvalue weighted by atomic mass is 16.4. The van der Waals surface area contributed by atoms with Crippen LogP contribution < -0.4 is 0 Å². The summed E-state index contributed by atoms with van der Waals surface area (Å²) in [6, 6.07) is -0.574. The molecule has 1 amide bonds. The van der Waals surface area contributed by atoms with Gasteiger partial charge in [-0.3, -0.25) is 4.79 Å². The number of carboxylic acids is 1. The van der Waals surface area contributed by atoms with Gasteiger partial charge in [0.15, 0.2) is 0 Å². The van der Waals surface area contributed by atoms with Crippen LogP contribution in [0.2, 0.25) is 0 Å². The van der Waals surface area contributed by atoms with Crippen molar-refractivity contribution in [3.63, 3.8) is 0 Å². The molecule has 2 aliphatic rings. The Balaban J connectivity index is 2.04. The minimum Gasteiger partial charge on any atom is -0.480 e. The lowest BCUT2D eigenvalue weighted by molar-refractivity contribution is -0.147. The van der Waals surface area contributed by atoms with Crippen molar-refractivity contribution in [2.24, 2.45) is 5.41 Å². The first kappa shape index (κ1) is 10.5. The molecule has 0 aromatic carbocycles. The molecule has 1 N–H and O–H groups in total. The van der Waals surface area contributed by atoms with Crippen molar-refractivity contribution in [2.75, 3.05) is 6.54 Å². The summed E-state index contributed by atoms with van der Waals surface area (Å²) in [6.45, 7) is 2.77. The zero-order valence-corrected chi connectivity index (χ0v) is 9.03. The number of aliphatic carboxylic acids is 1. The van der Waals surface area contributed by atoms with Gasteiger partial charge in [-0.2, -0.15) is 0 Å². The molecule has 1 aliphatic heterocycles. The number of nitrogens with zero attached hydrogens (tertiary/aromatic N) is 1. The fraction of sp³-hybridized carbons (Fsp3) is 0.818. The Morgan fingerprint density at radius 2 is 2.27 bits per heavy atom. The first-order chi connectivity index (χ1) is 7.02. The smallest absolute Gasteiger partial charge is 0.326 e. The Labute approximate surface area is 89.3 Å². The standard InChI is InChI=1S/C11H17NO3/c1-11(5-2-6-11)7-12-8(10(14)15)3-4-9(12)13/h8H,2-7H2,1H3,(H,14,15). The second kappa shape index (κ2) is 3.51. The summed E-state index contributed by atoms with van der Waals surface area (Å²) in [5.41, 5.74) is 0.174. The first-order valence-corrected chi connectivity index (χ1v) is 5.54. The lowest BCUT2D eigenvalue weighted by Crippen LogP contribution is -2.46. The van der Waals surface area contributed by atoms with E-state index in [9.17, 15) is 9.59 Å². The fourth-order valence-corrected chi connectivity index (χ4v) is 2.54. The number of carbonyl (C=O) groups excluding carboxylic acids is 1. The second-order valence-corrected chi connectivity index (χ2v) is 5.08. The van der Waals surface area contributed by atoms with Gasteiger partial charge in [-0.15, -0.1) is 0 Å². The molecule has 4 heteroatoms. The Bertz CT molecular complexity index is 296. The molecule has 0 spiro atoms. The molecule has 1 heterocycles. The molecule has 1 saturated carbocycles. The van der Waals surface area contributed by atoms with Crippen LogP contribution in [0, 0.1) is 5.41 Å². The van der Waals surface area contributed by atoms with E-state index < -0.39 is 12.0 Å². The van der Waals surface area contributed by atoms with Crippen LogP contribution in [-0.2, 0) is 9.59 Å². The maximum absolute atomic E-state index is 11.6. The predicted molar refractivity (Wildman–Crippen MR) is 54.3 cm³/mol. The molecule has 4 nitrogen and oxygen atoms in total. The number of amides is 1. The summed E-state index contributed by atoms with van der Waals surface area (Å²) in [7, 11) is 0. The summed E-state index contributed by atoms with van der Waals surface area (Å²) < 4.78 is 0.